The van der Waals surface area contributed by atoms with Gasteiger partial charge in [0.2, 0.25) is 23.7 Å². The maximum Gasteiger partial charge on any atom is 0.254 e. The SMILES string of the molecule is C[C@H]1COCCN1c1nc(OC2CC(NC(=O)CC(C)(F)F)C2)cc(-c2cnc(N)nc2)n1. The van der Waals surface area contributed by atoms with Crippen molar-refractivity contribution in [3.63, 3.8) is 0 Å². The molecule has 2 aromatic heterocycles. The minimum absolute atomic E-state index is 0.0875. The van der Waals surface area contributed by atoms with Crippen LogP contribution in [0.25, 0.3) is 11.3 Å². The highest BCUT2D eigenvalue weighted by Crippen LogP contribution is 2.30. The summed E-state index contributed by atoms with van der Waals surface area (Å²) in [7, 11) is 0. The molecule has 0 radical (unpaired) electrons. The first kappa shape index (κ1) is 23.0. The van der Waals surface area contributed by atoms with Gasteiger partial charge in [0.15, 0.2) is 0 Å². The van der Waals surface area contributed by atoms with Crippen LogP contribution in [0.2, 0.25) is 0 Å². The predicted octanol–water partition coefficient (Wildman–Crippen LogP) is 1.81. The van der Waals surface area contributed by atoms with Crippen molar-refractivity contribution in [3.05, 3.63) is 18.5 Å². The quantitative estimate of drug-likeness (QED) is 0.632. The number of nitrogen functional groups attached to an aromatic ring is 1. The summed E-state index contributed by atoms with van der Waals surface area (Å²) in [4.78, 5) is 31.1. The van der Waals surface area contributed by atoms with Gasteiger partial charge in [0, 0.05) is 49.5 Å². The Kier molecular flexibility index (Phi) is 6.54. The number of carbonyl (C=O) groups excluding carboxylic acids is 1. The number of morpholine rings is 1. The summed E-state index contributed by atoms with van der Waals surface area (Å²) < 4.78 is 37.6. The van der Waals surface area contributed by atoms with Crippen LogP contribution in [0.3, 0.4) is 0 Å². The van der Waals surface area contributed by atoms with Crippen LogP contribution in [0.5, 0.6) is 5.88 Å². The molecule has 1 saturated heterocycles. The number of hydrogen-bond donors (Lipinski definition) is 2. The molecule has 0 aromatic carbocycles. The van der Waals surface area contributed by atoms with E-state index in [-0.39, 0.29) is 24.1 Å². The Morgan fingerprint density at radius 1 is 1.33 bits per heavy atom. The number of rotatable bonds is 7. The lowest BCUT2D eigenvalue weighted by atomic mass is 9.89. The Labute approximate surface area is 189 Å². The molecule has 1 aliphatic heterocycles. The zero-order chi connectivity index (χ0) is 23.6. The molecule has 0 unspecified atom stereocenters. The molecule has 1 atom stereocenters. The molecular weight excluding hydrogens is 436 g/mol. The molecule has 2 fully saturated rings. The van der Waals surface area contributed by atoms with Gasteiger partial charge in [0.25, 0.3) is 5.92 Å². The zero-order valence-corrected chi connectivity index (χ0v) is 18.5. The Morgan fingerprint density at radius 3 is 2.73 bits per heavy atom. The number of nitrogens with one attached hydrogen (secondary N) is 1. The number of halogens is 2. The third-order valence-corrected chi connectivity index (χ3v) is 5.50. The number of nitrogens with zero attached hydrogens (tertiary/aromatic N) is 5. The van der Waals surface area contributed by atoms with Gasteiger partial charge < -0.3 is 25.4 Å². The van der Waals surface area contributed by atoms with Crippen molar-refractivity contribution in [2.75, 3.05) is 30.4 Å². The lowest BCUT2D eigenvalue weighted by Crippen LogP contribution is -2.49. The van der Waals surface area contributed by atoms with Gasteiger partial charge in [-0.2, -0.15) is 4.98 Å². The van der Waals surface area contributed by atoms with Crippen LogP contribution < -0.4 is 20.7 Å². The summed E-state index contributed by atoms with van der Waals surface area (Å²) in [6.07, 6.45) is 3.16. The summed E-state index contributed by atoms with van der Waals surface area (Å²) in [5.74, 6) is -2.65. The molecule has 12 heteroatoms. The van der Waals surface area contributed by atoms with Crippen LogP contribution in [0.15, 0.2) is 18.5 Å². The molecule has 178 valence electrons. The van der Waals surface area contributed by atoms with E-state index in [9.17, 15) is 13.6 Å². The van der Waals surface area contributed by atoms with Gasteiger partial charge in [-0.25, -0.2) is 23.7 Å². The molecular formula is C21H27F2N7O3. The van der Waals surface area contributed by atoms with E-state index in [1.54, 1.807) is 18.5 Å². The molecule has 10 nitrogen and oxygen atoms in total. The third-order valence-electron chi connectivity index (χ3n) is 5.50. The number of alkyl halides is 2. The van der Waals surface area contributed by atoms with Gasteiger partial charge in [0.1, 0.15) is 6.10 Å². The fourth-order valence-electron chi connectivity index (χ4n) is 3.76. The van der Waals surface area contributed by atoms with E-state index in [0.717, 1.165) is 6.92 Å². The average Bonchev–Trinajstić information content (AvgIpc) is 2.71. The van der Waals surface area contributed by atoms with Crippen molar-refractivity contribution in [1.29, 1.82) is 0 Å². The number of amides is 1. The normalized spacial score (nSPS) is 23.0. The molecule has 3 heterocycles. The van der Waals surface area contributed by atoms with E-state index < -0.39 is 18.3 Å². The van der Waals surface area contributed by atoms with Crippen molar-refractivity contribution in [2.45, 2.75) is 57.2 Å². The van der Waals surface area contributed by atoms with E-state index in [4.69, 9.17) is 15.2 Å². The van der Waals surface area contributed by atoms with Gasteiger partial charge in [0.05, 0.1) is 31.4 Å². The van der Waals surface area contributed by atoms with Crippen molar-refractivity contribution >= 4 is 17.8 Å². The van der Waals surface area contributed by atoms with E-state index in [2.05, 4.69) is 25.3 Å². The summed E-state index contributed by atoms with van der Waals surface area (Å²) in [5.41, 5.74) is 6.85. The van der Waals surface area contributed by atoms with Crippen molar-refractivity contribution in [1.82, 2.24) is 25.3 Å². The monoisotopic (exact) mass is 463 g/mol. The highest BCUT2D eigenvalue weighted by Gasteiger charge is 2.35. The molecule has 0 bridgehead atoms. The van der Waals surface area contributed by atoms with E-state index >= 15 is 0 Å². The van der Waals surface area contributed by atoms with E-state index in [1.807, 2.05) is 11.8 Å². The second kappa shape index (κ2) is 9.38. The number of carbonyl (C=O) groups is 1. The molecule has 1 aliphatic carbocycles. The van der Waals surface area contributed by atoms with Crippen molar-refractivity contribution < 1.29 is 23.0 Å². The van der Waals surface area contributed by atoms with Crippen molar-refractivity contribution in [3.8, 4) is 17.1 Å². The minimum atomic E-state index is -3.03. The zero-order valence-electron chi connectivity index (χ0n) is 18.5. The molecule has 1 saturated carbocycles. The lowest BCUT2D eigenvalue weighted by Gasteiger charge is -2.36. The second-order valence-corrected chi connectivity index (χ2v) is 8.56. The topological polar surface area (TPSA) is 128 Å². The van der Waals surface area contributed by atoms with Gasteiger partial charge in [-0.3, -0.25) is 4.79 Å². The number of hydrogen-bond acceptors (Lipinski definition) is 9. The molecule has 1 amide bonds. The Balaban J connectivity index is 1.47. The molecule has 0 spiro atoms. The fourth-order valence-corrected chi connectivity index (χ4v) is 3.76. The molecule has 3 N–H and O–H groups in total. The Morgan fingerprint density at radius 2 is 2.06 bits per heavy atom. The number of aromatic nitrogens is 4. The van der Waals surface area contributed by atoms with Gasteiger partial charge in [-0.05, 0) is 13.8 Å². The highest BCUT2D eigenvalue weighted by molar-refractivity contribution is 5.77. The third kappa shape index (κ3) is 6.01. The Hall–Kier alpha value is -3.15. The fraction of sp³-hybridized carbons (Fsp3) is 0.571. The first-order valence-electron chi connectivity index (χ1n) is 10.8. The first-order chi connectivity index (χ1) is 15.7. The van der Waals surface area contributed by atoms with Gasteiger partial charge in [-0.15, -0.1) is 0 Å². The largest absolute Gasteiger partial charge is 0.474 e. The molecule has 33 heavy (non-hydrogen) atoms. The van der Waals surface area contributed by atoms with Crippen LogP contribution in [0, 0.1) is 0 Å². The van der Waals surface area contributed by atoms with Crippen LogP contribution in [0.1, 0.15) is 33.1 Å². The highest BCUT2D eigenvalue weighted by atomic mass is 19.3. The van der Waals surface area contributed by atoms with Crippen LogP contribution in [0.4, 0.5) is 20.7 Å². The average molecular weight is 463 g/mol. The number of ether oxygens (including phenoxy) is 2. The summed E-state index contributed by atoms with van der Waals surface area (Å²) in [5, 5.41) is 2.62. The minimum Gasteiger partial charge on any atom is -0.474 e. The predicted molar refractivity (Wildman–Crippen MR) is 116 cm³/mol. The number of anilines is 2. The smallest absolute Gasteiger partial charge is 0.254 e. The molecule has 2 aliphatic rings. The van der Waals surface area contributed by atoms with Crippen LogP contribution in [-0.2, 0) is 9.53 Å². The van der Waals surface area contributed by atoms with Crippen molar-refractivity contribution in [2.24, 2.45) is 0 Å². The summed E-state index contributed by atoms with van der Waals surface area (Å²) in [6, 6.07) is 1.59. The molecule has 4 rings (SSSR count). The second-order valence-electron chi connectivity index (χ2n) is 8.56. The van der Waals surface area contributed by atoms with Gasteiger partial charge >= 0.3 is 0 Å². The van der Waals surface area contributed by atoms with Gasteiger partial charge in [-0.1, -0.05) is 0 Å². The van der Waals surface area contributed by atoms with E-state index in [1.165, 1.54) is 0 Å². The maximum absolute atomic E-state index is 13.0. The standard InChI is InChI=1S/C21H27F2N7O3/c1-12-11-32-4-3-30(12)20-28-16(13-9-25-19(24)26-10-13)7-18(29-20)33-15-5-14(6-15)27-17(31)8-21(2,22)23/h7,9-10,12,14-15H,3-6,8,11H2,1-2H3,(H,27,31)(H2,24,25,26)/t12-,14?,15?/m0/s1. The molecule has 2 aromatic rings. The summed E-state index contributed by atoms with van der Waals surface area (Å²) >= 11 is 0. The van der Waals surface area contributed by atoms with Crippen LogP contribution >= 0.6 is 0 Å². The lowest BCUT2D eigenvalue weighted by molar-refractivity contribution is -0.129. The maximum atomic E-state index is 13.0. The first-order valence-corrected chi connectivity index (χ1v) is 10.8. The summed E-state index contributed by atoms with van der Waals surface area (Å²) in [6.45, 7) is 4.53. The van der Waals surface area contributed by atoms with E-state index in [0.29, 0.717) is 55.7 Å². The Bertz CT molecular complexity index is 981. The number of nitrogens with two attached hydrogens (primary N) is 1. The van der Waals surface area contributed by atoms with Crippen LogP contribution in [-0.4, -0.2) is 69.7 Å².